The van der Waals surface area contributed by atoms with E-state index in [0.29, 0.717) is 16.0 Å². The van der Waals surface area contributed by atoms with Crippen molar-refractivity contribution in [2.75, 3.05) is 0 Å². The quantitative estimate of drug-likeness (QED) is 0.790. The van der Waals surface area contributed by atoms with E-state index in [4.69, 9.17) is 4.42 Å². The fraction of sp³-hybridized carbons (Fsp3) is 0.111. The third kappa shape index (κ3) is 2.58. The van der Waals surface area contributed by atoms with Gasteiger partial charge in [-0.25, -0.2) is 4.98 Å². The van der Waals surface area contributed by atoms with E-state index >= 15 is 0 Å². The van der Waals surface area contributed by atoms with Crippen LogP contribution in [0.4, 0.5) is 13.2 Å². The Morgan fingerprint density at radius 1 is 1.41 bits per heavy atom. The summed E-state index contributed by atoms with van der Waals surface area (Å²) in [6, 6.07) is 2.86. The number of rotatable bonds is 2. The lowest BCUT2D eigenvalue weighted by Crippen LogP contribution is -2.03. The molecule has 0 atom stereocenters. The summed E-state index contributed by atoms with van der Waals surface area (Å²) in [5.41, 5.74) is 0. The minimum Gasteiger partial charge on any atom is -0.446 e. The van der Waals surface area contributed by atoms with Crippen LogP contribution in [0.2, 0.25) is 0 Å². The molecule has 2 heterocycles. The van der Waals surface area contributed by atoms with Crippen molar-refractivity contribution in [3.8, 4) is 0 Å². The number of carbonyl (C=O) groups is 1. The molecule has 2 aromatic heterocycles. The van der Waals surface area contributed by atoms with Gasteiger partial charge >= 0.3 is 6.18 Å². The second kappa shape index (κ2) is 4.26. The number of aromatic nitrogens is 1. The number of hydrogen-bond acceptors (Lipinski definition) is 4. The second-order valence-electron chi connectivity index (χ2n) is 2.96. The highest BCUT2D eigenvalue weighted by molar-refractivity contribution is 9.10. The first-order valence-corrected chi connectivity index (χ1v) is 5.82. The highest BCUT2D eigenvalue weighted by Gasteiger charge is 2.35. The van der Waals surface area contributed by atoms with Crippen LogP contribution in [0.3, 0.4) is 0 Å². The van der Waals surface area contributed by atoms with Crippen LogP contribution < -0.4 is 0 Å². The molecular weight excluding hydrogens is 323 g/mol. The van der Waals surface area contributed by atoms with Gasteiger partial charge in [-0.1, -0.05) is 0 Å². The Morgan fingerprint density at radius 2 is 2.12 bits per heavy atom. The highest BCUT2D eigenvalue weighted by Crippen LogP contribution is 2.33. The Morgan fingerprint density at radius 3 is 2.59 bits per heavy atom. The molecule has 0 aliphatic carbocycles. The zero-order valence-electron chi connectivity index (χ0n) is 7.92. The van der Waals surface area contributed by atoms with E-state index in [0.717, 1.165) is 6.20 Å². The van der Waals surface area contributed by atoms with Crippen molar-refractivity contribution in [3.63, 3.8) is 0 Å². The van der Waals surface area contributed by atoms with Crippen LogP contribution >= 0.6 is 27.3 Å². The number of alkyl halides is 3. The molecule has 2 rings (SSSR count). The third-order valence-corrected chi connectivity index (χ3v) is 3.24. The van der Waals surface area contributed by atoms with E-state index in [1.54, 1.807) is 0 Å². The summed E-state index contributed by atoms with van der Waals surface area (Å²) >= 11 is 3.29. The van der Waals surface area contributed by atoms with Crippen LogP contribution in [0.1, 0.15) is 20.4 Å². The maximum Gasteiger partial charge on any atom is 0.443 e. The molecule has 2 aromatic rings. The normalized spacial score (nSPS) is 11.8. The van der Waals surface area contributed by atoms with Crippen molar-refractivity contribution in [2.24, 2.45) is 0 Å². The molecule has 0 aromatic carbocycles. The molecular formula is C9H3BrF3NO2S. The number of hydrogen-bond donors (Lipinski definition) is 0. The minimum atomic E-state index is -4.53. The Labute approximate surface area is 105 Å². The standard InChI is InChI=1S/C9H3BrF3NO2S/c10-6-2-1-4(16-6)7(15)5-3-14-8(17-5)9(11,12)13/h1-3H. The lowest BCUT2D eigenvalue weighted by atomic mass is 10.3. The van der Waals surface area contributed by atoms with Crippen molar-refractivity contribution < 1.29 is 22.4 Å². The summed E-state index contributed by atoms with van der Waals surface area (Å²) in [5.74, 6) is -0.655. The summed E-state index contributed by atoms with van der Waals surface area (Å²) < 4.78 is 42.1. The van der Waals surface area contributed by atoms with Gasteiger partial charge in [0.25, 0.3) is 0 Å². The Balaban J connectivity index is 2.30. The smallest absolute Gasteiger partial charge is 0.443 e. The Hall–Kier alpha value is -1.15. The zero-order chi connectivity index (χ0) is 12.6. The summed E-state index contributed by atoms with van der Waals surface area (Å²) in [5, 5.41) is -1.05. The third-order valence-electron chi connectivity index (χ3n) is 1.77. The molecule has 3 nitrogen and oxygen atoms in total. The predicted octanol–water partition coefficient (Wildman–Crippen LogP) is 3.75. The number of halogens is 4. The molecule has 0 unspecified atom stereocenters. The summed E-state index contributed by atoms with van der Waals surface area (Å²) in [6.07, 6.45) is -3.64. The number of thiazole rings is 1. The van der Waals surface area contributed by atoms with Crippen molar-refractivity contribution in [1.82, 2.24) is 4.98 Å². The first-order valence-electron chi connectivity index (χ1n) is 4.21. The van der Waals surface area contributed by atoms with Crippen LogP contribution in [0.5, 0.6) is 0 Å². The second-order valence-corrected chi connectivity index (χ2v) is 4.77. The van der Waals surface area contributed by atoms with Crippen LogP contribution in [0.25, 0.3) is 0 Å². The Kier molecular flexibility index (Phi) is 3.09. The monoisotopic (exact) mass is 325 g/mol. The van der Waals surface area contributed by atoms with E-state index in [-0.39, 0.29) is 10.6 Å². The number of carbonyl (C=O) groups excluding carboxylic acids is 1. The maximum atomic E-state index is 12.3. The molecule has 0 amide bonds. The highest BCUT2D eigenvalue weighted by atomic mass is 79.9. The lowest BCUT2D eigenvalue weighted by Gasteiger charge is -1.98. The molecule has 0 bridgehead atoms. The molecule has 0 saturated heterocycles. The number of ketones is 1. The molecule has 0 aliphatic heterocycles. The molecule has 0 saturated carbocycles. The van der Waals surface area contributed by atoms with Crippen LogP contribution in [-0.2, 0) is 6.18 Å². The van der Waals surface area contributed by atoms with Gasteiger partial charge in [0.2, 0.25) is 5.78 Å². The predicted molar refractivity (Wildman–Crippen MR) is 57.0 cm³/mol. The lowest BCUT2D eigenvalue weighted by molar-refractivity contribution is -0.137. The van der Waals surface area contributed by atoms with Gasteiger partial charge in [0.05, 0.1) is 4.88 Å². The summed E-state index contributed by atoms with van der Waals surface area (Å²) in [6.45, 7) is 0. The molecule has 0 N–H and O–H groups in total. The average Bonchev–Trinajstić information content (AvgIpc) is 2.83. The van der Waals surface area contributed by atoms with Gasteiger partial charge in [-0.05, 0) is 28.1 Å². The van der Waals surface area contributed by atoms with Gasteiger partial charge in [-0.3, -0.25) is 4.79 Å². The van der Waals surface area contributed by atoms with E-state index < -0.39 is 17.0 Å². The minimum absolute atomic E-state index is 0.0331. The fourth-order valence-electron chi connectivity index (χ4n) is 1.07. The van der Waals surface area contributed by atoms with Crippen molar-refractivity contribution in [1.29, 1.82) is 0 Å². The van der Waals surface area contributed by atoms with Crippen molar-refractivity contribution in [2.45, 2.75) is 6.18 Å². The van der Waals surface area contributed by atoms with Gasteiger partial charge < -0.3 is 4.42 Å². The SMILES string of the molecule is O=C(c1ccc(Br)o1)c1cnc(C(F)(F)F)s1. The average molecular weight is 326 g/mol. The van der Waals surface area contributed by atoms with Crippen LogP contribution in [0.15, 0.2) is 27.4 Å². The van der Waals surface area contributed by atoms with Gasteiger partial charge in [-0.2, -0.15) is 13.2 Å². The fourth-order valence-corrected chi connectivity index (χ4v) is 2.10. The first kappa shape index (κ1) is 12.3. The van der Waals surface area contributed by atoms with Gasteiger partial charge in [0.15, 0.2) is 15.4 Å². The maximum absolute atomic E-state index is 12.3. The van der Waals surface area contributed by atoms with Crippen molar-refractivity contribution >= 4 is 33.0 Å². The molecule has 0 radical (unpaired) electrons. The van der Waals surface area contributed by atoms with Gasteiger partial charge in [0.1, 0.15) is 0 Å². The molecule has 0 fully saturated rings. The molecule has 17 heavy (non-hydrogen) atoms. The number of furan rings is 1. The van der Waals surface area contributed by atoms with E-state index in [1.165, 1.54) is 12.1 Å². The van der Waals surface area contributed by atoms with E-state index in [9.17, 15) is 18.0 Å². The topological polar surface area (TPSA) is 43.1 Å². The summed E-state index contributed by atoms with van der Waals surface area (Å²) in [4.78, 5) is 14.7. The van der Waals surface area contributed by atoms with Crippen LogP contribution in [0, 0.1) is 0 Å². The first-order chi connectivity index (χ1) is 7.88. The van der Waals surface area contributed by atoms with E-state index in [2.05, 4.69) is 20.9 Å². The largest absolute Gasteiger partial charge is 0.446 e. The van der Waals surface area contributed by atoms with Crippen LogP contribution in [-0.4, -0.2) is 10.8 Å². The summed E-state index contributed by atoms with van der Waals surface area (Å²) in [7, 11) is 0. The van der Waals surface area contributed by atoms with E-state index in [1.807, 2.05) is 0 Å². The molecule has 8 heteroatoms. The molecule has 0 spiro atoms. The van der Waals surface area contributed by atoms with Gasteiger partial charge in [-0.15, -0.1) is 11.3 Å². The Bertz CT molecular complexity index is 561. The van der Waals surface area contributed by atoms with Crippen molar-refractivity contribution in [3.05, 3.63) is 38.6 Å². The zero-order valence-corrected chi connectivity index (χ0v) is 10.3. The molecule has 0 aliphatic rings. The molecule has 90 valence electrons. The van der Waals surface area contributed by atoms with Gasteiger partial charge in [0, 0.05) is 6.20 Å². The number of nitrogens with zero attached hydrogens (tertiary/aromatic N) is 1.